The summed E-state index contributed by atoms with van der Waals surface area (Å²) in [5.41, 5.74) is 6.41. The second kappa shape index (κ2) is 7.53. The minimum absolute atomic E-state index is 0.135. The highest BCUT2D eigenvalue weighted by atomic mass is 16.5. The average Bonchev–Trinajstić information content (AvgIpc) is 2.96. The number of aryl methyl sites for hydroxylation is 1. The number of carbonyl (C=O) groups is 1. The van der Waals surface area contributed by atoms with E-state index in [1.807, 2.05) is 55.5 Å². The molecular formula is C19H20N4O2. The van der Waals surface area contributed by atoms with Crippen LogP contribution in [-0.2, 0) is 4.79 Å². The fraction of sp³-hybridized carbons (Fsp3) is 0.158. The number of para-hydroxylation sites is 1. The fourth-order valence-electron chi connectivity index (χ4n) is 2.56. The Labute approximate surface area is 145 Å². The van der Waals surface area contributed by atoms with Crippen molar-refractivity contribution < 1.29 is 9.53 Å². The van der Waals surface area contributed by atoms with Gasteiger partial charge >= 0.3 is 0 Å². The van der Waals surface area contributed by atoms with E-state index in [9.17, 15) is 4.79 Å². The molecule has 3 aromatic rings. The van der Waals surface area contributed by atoms with Crippen molar-refractivity contribution in [2.24, 2.45) is 5.10 Å². The number of aromatic nitrogens is 1. The zero-order chi connectivity index (χ0) is 17.6. The molecule has 6 nitrogen and oxygen atoms in total. The Bertz CT molecular complexity index is 897. The minimum atomic E-state index is -0.218. The molecule has 0 saturated heterocycles. The molecule has 2 aromatic carbocycles. The molecule has 0 spiro atoms. The van der Waals surface area contributed by atoms with Crippen molar-refractivity contribution in [1.82, 2.24) is 10.4 Å². The Morgan fingerprint density at radius 3 is 2.72 bits per heavy atom. The van der Waals surface area contributed by atoms with Crippen molar-refractivity contribution >= 4 is 28.7 Å². The molecule has 0 atom stereocenters. The summed E-state index contributed by atoms with van der Waals surface area (Å²) in [4.78, 5) is 15.2. The number of hydrogen-bond acceptors (Lipinski definition) is 4. The number of benzene rings is 2. The molecule has 128 valence electrons. The van der Waals surface area contributed by atoms with Crippen LogP contribution in [0.3, 0.4) is 0 Å². The number of amides is 1. The topological polar surface area (TPSA) is 78.5 Å². The number of carbonyl (C=O) groups excluding carboxylic acids is 1. The molecule has 0 aliphatic carbocycles. The molecule has 0 aliphatic heterocycles. The van der Waals surface area contributed by atoms with E-state index in [1.54, 1.807) is 13.3 Å². The minimum Gasteiger partial charge on any atom is -0.497 e. The molecule has 3 rings (SSSR count). The van der Waals surface area contributed by atoms with Gasteiger partial charge in [-0.2, -0.15) is 5.10 Å². The molecule has 0 radical (unpaired) electrons. The third-order valence-corrected chi connectivity index (χ3v) is 3.87. The first-order chi connectivity index (χ1) is 12.2. The first kappa shape index (κ1) is 16.6. The quantitative estimate of drug-likeness (QED) is 0.478. The summed E-state index contributed by atoms with van der Waals surface area (Å²) in [6, 6.07) is 15.4. The molecular weight excluding hydrogens is 316 g/mol. The lowest BCUT2D eigenvalue weighted by molar-refractivity contribution is -0.119. The molecule has 1 amide bonds. The molecule has 1 heterocycles. The van der Waals surface area contributed by atoms with Crippen LogP contribution < -0.4 is 15.5 Å². The van der Waals surface area contributed by atoms with Crippen molar-refractivity contribution in [2.75, 3.05) is 19.0 Å². The summed E-state index contributed by atoms with van der Waals surface area (Å²) in [7, 11) is 1.61. The van der Waals surface area contributed by atoms with Gasteiger partial charge in [0.05, 0.1) is 19.9 Å². The summed E-state index contributed by atoms with van der Waals surface area (Å²) >= 11 is 0. The SMILES string of the molecule is COc1ccc(NCC(=O)N/N=C\c2c(C)[nH]c3ccccc23)cc1. The molecule has 0 unspecified atom stereocenters. The van der Waals surface area contributed by atoms with E-state index in [0.717, 1.165) is 33.6 Å². The molecule has 0 fully saturated rings. The van der Waals surface area contributed by atoms with Crippen LogP contribution in [0.1, 0.15) is 11.3 Å². The van der Waals surface area contributed by atoms with Crippen LogP contribution in [0.5, 0.6) is 5.75 Å². The number of hydrazone groups is 1. The molecule has 0 bridgehead atoms. The summed E-state index contributed by atoms with van der Waals surface area (Å²) in [5.74, 6) is 0.554. The number of methoxy groups -OCH3 is 1. The molecule has 6 heteroatoms. The van der Waals surface area contributed by atoms with Crippen molar-refractivity contribution in [3.05, 3.63) is 59.8 Å². The van der Waals surface area contributed by atoms with Crippen molar-refractivity contribution in [3.63, 3.8) is 0 Å². The predicted octanol–water partition coefficient (Wildman–Crippen LogP) is 3.05. The Hall–Kier alpha value is -3.28. The van der Waals surface area contributed by atoms with E-state index in [2.05, 4.69) is 20.8 Å². The van der Waals surface area contributed by atoms with Gasteiger partial charge in [0, 0.05) is 27.8 Å². The van der Waals surface area contributed by atoms with Gasteiger partial charge in [-0.15, -0.1) is 0 Å². The first-order valence-electron chi connectivity index (χ1n) is 7.94. The van der Waals surface area contributed by atoms with Crippen molar-refractivity contribution in [3.8, 4) is 5.75 Å². The number of hydrogen-bond donors (Lipinski definition) is 3. The lowest BCUT2D eigenvalue weighted by atomic mass is 10.1. The maximum Gasteiger partial charge on any atom is 0.259 e. The number of ether oxygens (including phenoxy) is 1. The fourth-order valence-corrected chi connectivity index (χ4v) is 2.56. The third kappa shape index (κ3) is 3.98. The summed E-state index contributed by atoms with van der Waals surface area (Å²) in [6.07, 6.45) is 1.67. The Morgan fingerprint density at radius 1 is 1.20 bits per heavy atom. The van der Waals surface area contributed by atoms with E-state index in [0.29, 0.717) is 0 Å². The van der Waals surface area contributed by atoms with Gasteiger partial charge in [0.2, 0.25) is 0 Å². The molecule has 1 aromatic heterocycles. The van der Waals surface area contributed by atoms with Crippen LogP contribution in [0.2, 0.25) is 0 Å². The smallest absolute Gasteiger partial charge is 0.259 e. The van der Waals surface area contributed by atoms with E-state index in [1.165, 1.54) is 0 Å². The monoisotopic (exact) mass is 336 g/mol. The first-order valence-corrected chi connectivity index (χ1v) is 7.94. The van der Waals surface area contributed by atoms with Gasteiger partial charge in [-0.1, -0.05) is 18.2 Å². The molecule has 3 N–H and O–H groups in total. The Kier molecular flexibility index (Phi) is 4.99. The maximum absolute atomic E-state index is 11.9. The number of nitrogens with zero attached hydrogens (tertiary/aromatic N) is 1. The van der Waals surface area contributed by atoms with Crippen LogP contribution in [0.4, 0.5) is 5.69 Å². The van der Waals surface area contributed by atoms with E-state index in [4.69, 9.17) is 4.74 Å². The number of nitrogens with one attached hydrogen (secondary N) is 3. The van der Waals surface area contributed by atoms with Gasteiger partial charge in [0.15, 0.2) is 0 Å². The van der Waals surface area contributed by atoms with E-state index >= 15 is 0 Å². The van der Waals surface area contributed by atoms with Crippen molar-refractivity contribution in [2.45, 2.75) is 6.92 Å². The average molecular weight is 336 g/mol. The van der Waals surface area contributed by atoms with Gasteiger partial charge in [-0.05, 0) is 37.3 Å². The van der Waals surface area contributed by atoms with Gasteiger partial charge in [0.1, 0.15) is 5.75 Å². The highest BCUT2D eigenvalue weighted by molar-refractivity contribution is 6.00. The van der Waals surface area contributed by atoms with E-state index < -0.39 is 0 Å². The Morgan fingerprint density at radius 2 is 1.96 bits per heavy atom. The van der Waals surface area contributed by atoms with Crippen LogP contribution in [0.25, 0.3) is 10.9 Å². The summed E-state index contributed by atoms with van der Waals surface area (Å²) in [6.45, 7) is 2.12. The van der Waals surface area contributed by atoms with Crippen LogP contribution >= 0.6 is 0 Å². The number of H-pyrrole nitrogens is 1. The zero-order valence-corrected chi connectivity index (χ0v) is 14.2. The van der Waals surface area contributed by atoms with Gasteiger partial charge < -0.3 is 15.0 Å². The lowest BCUT2D eigenvalue weighted by Crippen LogP contribution is -2.25. The maximum atomic E-state index is 11.9. The van der Waals surface area contributed by atoms with E-state index in [-0.39, 0.29) is 12.5 Å². The highest BCUT2D eigenvalue weighted by Crippen LogP contribution is 2.19. The van der Waals surface area contributed by atoms with Gasteiger partial charge in [-0.25, -0.2) is 5.43 Å². The normalized spacial score (nSPS) is 11.0. The molecule has 0 aliphatic rings. The second-order valence-corrected chi connectivity index (χ2v) is 5.58. The Balaban J connectivity index is 1.56. The largest absolute Gasteiger partial charge is 0.497 e. The highest BCUT2D eigenvalue weighted by Gasteiger charge is 2.05. The number of anilines is 1. The van der Waals surface area contributed by atoms with Crippen LogP contribution in [0, 0.1) is 6.92 Å². The van der Waals surface area contributed by atoms with Crippen LogP contribution in [0.15, 0.2) is 53.6 Å². The predicted molar refractivity (Wildman–Crippen MR) is 100 cm³/mol. The summed E-state index contributed by atoms with van der Waals surface area (Å²) < 4.78 is 5.09. The zero-order valence-electron chi connectivity index (χ0n) is 14.2. The van der Waals surface area contributed by atoms with Crippen molar-refractivity contribution in [1.29, 1.82) is 0 Å². The van der Waals surface area contributed by atoms with Gasteiger partial charge in [0.25, 0.3) is 5.91 Å². The van der Waals surface area contributed by atoms with Gasteiger partial charge in [-0.3, -0.25) is 4.79 Å². The summed E-state index contributed by atoms with van der Waals surface area (Å²) in [5, 5.41) is 8.17. The number of rotatable bonds is 6. The second-order valence-electron chi connectivity index (χ2n) is 5.58. The third-order valence-electron chi connectivity index (χ3n) is 3.87. The van der Waals surface area contributed by atoms with Crippen LogP contribution in [-0.4, -0.2) is 30.8 Å². The molecule has 0 saturated carbocycles. The number of aromatic amines is 1. The standard InChI is InChI=1S/C19H20N4O2/c1-13-17(16-5-3-4-6-18(16)22-13)11-21-23-19(24)12-20-14-7-9-15(25-2)10-8-14/h3-11,20,22H,12H2,1-2H3,(H,23,24)/b21-11-. The lowest BCUT2D eigenvalue weighted by Gasteiger charge is -2.06. The molecule has 25 heavy (non-hydrogen) atoms. The number of fused-ring (bicyclic) bond motifs is 1.